The number of rotatable bonds is 5. The number of carbonyl (C=O) groups is 1. The number of nitrogens with zero attached hydrogens (tertiary/aromatic N) is 6. The van der Waals surface area contributed by atoms with Gasteiger partial charge in [0.2, 0.25) is 5.82 Å². The molecule has 2 aliphatic rings. The fraction of sp³-hybridized carbons (Fsp3) is 0.450. The number of halogens is 3. The molecule has 34 heavy (non-hydrogen) atoms. The summed E-state index contributed by atoms with van der Waals surface area (Å²) in [6, 6.07) is 3.90. The van der Waals surface area contributed by atoms with Crippen molar-refractivity contribution in [3.63, 3.8) is 0 Å². The second-order valence-corrected chi connectivity index (χ2v) is 8.86. The number of tetrazole rings is 1. The van der Waals surface area contributed by atoms with Crippen molar-refractivity contribution >= 4 is 22.4 Å². The molecule has 10 nitrogen and oxygen atoms in total. The first-order valence-electron chi connectivity index (χ1n) is 11.2. The highest BCUT2D eigenvalue weighted by Crippen LogP contribution is 2.44. The van der Waals surface area contributed by atoms with Gasteiger partial charge in [0.1, 0.15) is 17.1 Å². The topological polar surface area (TPSA) is 115 Å². The van der Waals surface area contributed by atoms with Gasteiger partial charge in [0.15, 0.2) is 11.7 Å². The van der Waals surface area contributed by atoms with Crippen LogP contribution in [0.15, 0.2) is 24.4 Å². The van der Waals surface area contributed by atoms with E-state index in [9.17, 15) is 18.0 Å². The summed E-state index contributed by atoms with van der Waals surface area (Å²) in [5.41, 5.74) is -1.12. The maximum atomic E-state index is 12.8. The second-order valence-electron chi connectivity index (χ2n) is 7.85. The van der Waals surface area contributed by atoms with E-state index in [0.717, 1.165) is 10.9 Å². The number of hydrogen-bond donors (Lipinski definition) is 1. The highest BCUT2D eigenvalue weighted by molar-refractivity contribution is 7.18. The van der Waals surface area contributed by atoms with E-state index >= 15 is 0 Å². The van der Waals surface area contributed by atoms with Crippen molar-refractivity contribution in [2.45, 2.75) is 44.1 Å². The Kier molecular flexibility index (Phi) is 4.95. The van der Waals surface area contributed by atoms with Crippen LogP contribution in [-0.2, 0) is 17.7 Å². The van der Waals surface area contributed by atoms with E-state index in [-0.39, 0.29) is 23.6 Å². The molecule has 1 N–H and O–H groups in total. The van der Waals surface area contributed by atoms with Gasteiger partial charge in [-0.3, -0.25) is 4.79 Å². The molecular weight excluding hydrogens is 477 g/mol. The normalized spacial score (nSPS) is 19.7. The van der Waals surface area contributed by atoms with Crippen LogP contribution in [0.2, 0.25) is 0 Å². The highest BCUT2D eigenvalue weighted by atomic mass is 32.1. The summed E-state index contributed by atoms with van der Waals surface area (Å²) >= 11 is 1.31. The summed E-state index contributed by atoms with van der Waals surface area (Å²) in [6.45, 7) is 0.555. The molecule has 0 saturated carbocycles. The van der Waals surface area contributed by atoms with Crippen LogP contribution in [0.3, 0.4) is 0 Å². The fourth-order valence-electron chi connectivity index (χ4n) is 3.93. The minimum atomic E-state index is -4.95. The van der Waals surface area contributed by atoms with E-state index in [4.69, 9.17) is 12.6 Å². The third-order valence-electron chi connectivity index (χ3n) is 5.52. The predicted molar refractivity (Wildman–Crippen MR) is 113 cm³/mol. The summed E-state index contributed by atoms with van der Waals surface area (Å²) in [5.74, 6) is -1.38. The molecule has 1 fully saturated rings. The van der Waals surface area contributed by atoms with Crippen LogP contribution in [0.5, 0.6) is 11.5 Å². The van der Waals surface area contributed by atoms with Gasteiger partial charge in [-0.15, -0.1) is 23.4 Å². The van der Waals surface area contributed by atoms with E-state index in [1.54, 1.807) is 6.20 Å². The molecule has 1 spiro atoms. The minimum Gasteiger partial charge on any atom is -0.487 e. The van der Waals surface area contributed by atoms with Crippen molar-refractivity contribution in [3.05, 3.63) is 30.0 Å². The lowest BCUT2D eigenvalue weighted by Crippen LogP contribution is -2.49. The Hall–Kier alpha value is -3.42. The molecule has 5 rings (SSSR count). The van der Waals surface area contributed by atoms with E-state index in [1.807, 2.05) is 4.90 Å². The molecule has 2 aliphatic heterocycles. The van der Waals surface area contributed by atoms with Gasteiger partial charge in [-0.1, -0.05) is 17.4 Å². The standard InChI is InChI=1S/C20H19F3N6O4S/c21-20(22,23)33-14-3-1-2-13-12(14)4-5-19(32-13)6-8-28(9-7-19)18-24-10-15(34-18)17-25-27-29(26-17)11-16(30)31/h1-3,10H,4-9,11H2,(H,30,31)/i4D2. The van der Waals surface area contributed by atoms with Crippen LogP contribution in [0.1, 0.15) is 27.6 Å². The fourth-order valence-corrected chi connectivity index (χ4v) is 4.82. The number of thiazole rings is 1. The number of ether oxygens (including phenoxy) is 2. The monoisotopic (exact) mass is 498 g/mol. The van der Waals surface area contributed by atoms with Gasteiger partial charge in [-0.25, -0.2) is 4.98 Å². The van der Waals surface area contributed by atoms with Crippen LogP contribution in [0.25, 0.3) is 10.7 Å². The molecule has 14 heteroatoms. The number of anilines is 1. The van der Waals surface area contributed by atoms with Crippen LogP contribution in [0, 0.1) is 0 Å². The first kappa shape index (κ1) is 20.0. The maximum Gasteiger partial charge on any atom is 0.573 e. The zero-order valence-corrected chi connectivity index (χ0v) is 18.3. The van der Waals surface area contributed by atoms with E-state index in [0.29, 0.717) is 35.9 Å². The smallest absolute Gasteiger partial charge is 0.487 e. The molecule has 1 saturated heterocycles. The molecule has 0 atom stereocenters. The van der Waals surface area contributed by atoms with Crippen LogP contribution >= 0.6 is 11.3 Å². The lowest BCUT2D eigenvalue weighted by Gasteiger charge is -2.44. The van der Waals surface area contributed by atoms with Crippen LogP contribution in [0.4, 0.5) is 18.3 Å². The van der Waals surface area contributed by atoms with Crippen molar-refractivity contribution < 1.29 is 35.3 Å². The van der Waals surface area contributed by atoms with Gasteiger partial charge in [0, 0.05) is 34.2 Å². The number of aromatic nitrogens is 5. The number of aliphatic carboxylic acids is 1. The van der Waals surface area contributed by atoms with Crippen molar-refractivity contribution in [2.75, 3.05) is 18.0 Å². The van der Waals surface area contributed by atoms with Gasteiger partial charge < -0.3 is 19.5 Å². The number of benzene rings is 1. The van der Waals surface area contributed by atoms with Crippen molar-refractivity contribution in [2.24, 2.45) is 0 Å². The molecule has 0 bridgehead atoms. The number of carboxylic acids is 1. The average molecular weight is 498 g/mol. The van der Waals surface area contributed by atoms with Gasteiger partial charge in [-0.05, 0) is 30.1 Å². The minimum absolute atomic E-state index is 0.0495. The Morgan fingerprint density at radius 1 is 1.32 bits per heavy atom. The zero-order chi connectivity index (χ0) is 25.7. The Morgan fingerprint density at radius 2 is 2.12 bits per heavy atom. The molecule has 3 aromatic rings. The summed E-state index contributed by atoms with van der Waals surface area (Å²) in [6.07, 6.45) is -4.71. The quantitative estimate of drug-likeness (QED) is 0.566. The van der Waals surface area contributed by atoms with Crippen LogP contribution in [-0.4, -0.2) is 61.3 Å². The molecule has 180 valence electrons. The maximum absolute atomic E-state index is 12.8. The second kappa shape index (κ2) is 8.42. The average Bonchev–Trinajstić information content (AvgIpc) is 3.41. The van der Waals surface area contributed by atoms with Crippen molar-refractivity contribution in [1.29, 1.82) is 0 Å². The number of piperidine rings is 1. The van der Waals surface area contributed by atoms with E-state index in [1.165, 1.54) is 23.5 Å². The van der Waals surface area contributed by atoms with Gasteiger partial charge in [0.25, 0.3) is 0 Å². The van der Waals surface area contributed by atoms with Crippen molar-refractivity contribution in [1.82, 2.24) is 25.2 Å². The van der Waals surface area contributed by atoms with Crippen molar-refractivity contribution in [3.8, 4) is 22.2 Å². The Bertz CT molecular complexity index is 1290. The highest BCUT2D eigenvalue weighted by Gasteiger charge is 2.42. The summed E-state index contributed by atoms with van der Waals surface area (Å²) in [5, 5.41) is 21.1. The van der Waals surface area contributed by atoms with E-state index in [2.05, 4.69) is 25.1 Å². The largest absolute Gasteiger partial charge is 0.573 e. The molecule has 0 aliphatic carbocycles. The number of fused-ring (bicyclic) bond motifs is 1. The Labute approximate surface area is 197 Å². The zero-order valence-electron chi connectivity index (χ0n) is 19.4. The van der Waals surface area contributed by atoms with Gasteiger partial charge in [-0.2, -0.15) is 4.80 Å². The molecule has 1 aromatic carbocycles. The number of alkyl halides is 3. The number of carboxylic acid groups (broad SMARTS) is 1. The third-order valence-corrected chi connectivity index (χ3v) is 6.57. The predicted octanol–water partition coefficient (Wildman–Crippen LogP) is 3.14. The lowest BCUT2D eigenvalue weighted by molar-refractivity contribution is -0.275. The van der Waals surface area contributed by atoms with Gasteiger partial charge in [0.05, 0.1) is 11.1 Å². The summed E-state index contributed by atoms with van der Waals surface area (Å²) < 4.78 is 65.8. The first-order chi connectivity index (χ1) is 16.9. The number of hydrogen-bond acceptors (Lipinski definition) is 9. The first-order valence-corrected chi connectivity index (χ1v) is 11.0. The third kappa shape index (κ3) is 4.62. The Balaban J connectivity index is 1.30. The molecular formula is C20H19F3N6O4S. The summed E-state index contributed by atoms with van der Waals surface area (Å²) in [4.78, 5) is 18.8. The SMILES string of the molecule is [2H]C1([2H])CC2(CCN(c3ncc(-c4nnn(CC(=O)O)n4)s3)CC2)Oc2cccc(OC(F)(F)F)c21. The molecule has 0 amide bonds. The molecule has 4 heterocycles. The van der Waals surface area contributed by atoms with Gasteiger partial charge >= 0.3 is 12.3 Å². The van der Waals surface area contributed by atoms with E-state index < -0.39 is 36.6 Å². The van der Waals surface area contributed by atoms with Crippen LogP contribution < -0.4 is 14.4 Å². The summed E-state index contributed by atoms with van der Waals surface area (Å²) in [7, 11) is 0. The molecule has 0 radical (unpaired) electrons. The molecule has 2 aromatic heterocycles. The molecule has 0 unspecified atom stereocenters. The lowest BCUT2D eigenvalue weighted by atomic mass is 9.83. The Morgan fingerprint density at radius 3 is 2.85 bits per heavy atom.